The number of piperazine rings is 1. The lowest BCUT2D eigenvalue weighted by Crippen LogP contribution is -2.42. The average Bonchev–Trinajstić information content (AvgIpc) is 3.29. The van der Waals surface area contributed by atoms with Crippen LogP contribution in [-0.2, 0) is 13.2 Å². The van der Waals surface area contributed by atoms with E-state index in [1.807, 2.05) is 24.3 Å². The first kappa shape index (κ1) is 21.5. The number of hydrogen-bond donors (Lipinski definition) is 1. The van der Waals surface area contributed by atoms with Crippen LogP contribution in [0.3, 0.4) is 0 Å². The first-order valence-corrected chi connectivity index (χ1v) is 11.8. The molecule has 0 bridgehead atoms. The summed E-state index contributed by atoms with van der Waals surface area (Å²) in [5.74, 6) is -0.558. The maximum atomic E-state index is 9.81. The Labute approximate surface area is 196 Å². The maximum Gasteiger partial charge on any atom is 0.316 e. The van der Waals surface area contributed by atoms with Crippen molar-refractivity contribution in [3.63, 3.8) is 0 Å². The smallest absolute Gasteiger partial charge is 0.316 e. The van der Waals surface area contributed by atoms with Crippen LogP contribution in [0, 0.1) is 11.3 Å². The highest BCUT2D eigenvalue weighted by Gasteiger charge is 2.20. The third kappa shape index (κ3) is 5.17. The zero-order valence-electron chi connectivity index (χ0n) is 18.1. The van der Waals surface area contributed by atoms with Gasteiger partial charge in [-0.25, -0.2) is 9.97 Å². The van der Waals surface area contributed by atoms with E-state index >= 15 is 0 Å². The van der Waals surface area contributed by atoms with Crippen molar-refractivity contribution in [1.82, 2.24) is 25.2 Å². The van der Waals surface area contributed by atoms with Gasteiger partial charge in [0.1, 0.15) is 17.5 Å². The molecule has 0 saturated carbocycles. The molecule has 7 nitrogen and oxygen atoms in total. The molecule has 4 aromatic rings. The molecule has 1 atom stereocenters. The van der Waals surface area contributed by atoms with Crippen molar-refractivity contribution in [2.75, 3.05) is 26.2 Å². The predicted octanol–water partition coefficient (Wildman–Crippen LogP) is 3.73. The minimum absolute atomic E-state index is 0.263. The number of rotatable bonds is 7. The zero-order chi connectivity index (χ0) is 22.5. The first-order valence-electron chi connectivity index (χ1n) is 11.0. The Balaban J connectivity index is 1.24. The molecule has 2 aromatic heterocycles. The van der Waals surface area contributed by atoms with Gasteiger partial charge in [-0.1, -0.05) is 36.4 Å². The fourth-order valence-corrected chi connectivity index (χ4v) is 4.89. The predicted molar refractivity (Wildman–Crippen MR) is 128 cm³/mol. The molecular weight excluding hydrogens is 432 g/mol. The number of thiazole rings is 1. The average molecular weight is 457 g/mol. The summed E-state index contributed by atoms with van der Waals surface area (Å²) >= 11 is 1.51. The molecule has 1 saturated heterocycles. The summed E-state index contributed by atoms with van der Waals surface area (Å²) in [6, 6.07) is 20.7. The van der Waals surface area contributed by atoms with Crippen molar-refractivity contribution in [1.29, 1.82) is 5.26 Å². The van der Waals surface area contributed by atoms with E-state index in [-0.39, 0.29) is 6.01 Å². The first-order chi connectivity index (χ1) is 16.3. The number of hydrogen-bond acceptors (Lipinski definition) is 8. The van der Waals surface area contributed by atoms with Crippen molar-refractivity contribution in [3.05, 3.63) is 82.6 Å². The minimum atomic E-state index is -0.558. The van der Waals surface area contributed by atoms with Gasteiger partial charge in [-0.2, -0.15) is 10.2 Å². The molecule has 8 heteroatoms. The molecule has 1 aliphatic heterocycles. The lowest BCUT2D eigenvalue weighted by atomic mass is 10.1. The van der Waals surface area contributed by atoms with Gasteiger partial charge in [0.25, 0.3) is 0 Å². The van der Waals surface area contributed by atoms with Crippen LogP contribution in [-0.4, -0.2) is 46.0 Å². The minimum Gasteiger partial charge on any atom is -0.459 e. The van der Waals surface area contributed by atoms with Gasteiger partial charge in [-0.05, 0) is 29.3 Å². The third-order valence-corrected chi connectivity index (χ3v) is 6.75. The summed E-state index contributed by atoms with van der Waals surface area (Å²) in [6.07, 6.45) is 1.63. The molecule has 0 spiro atoms. The highest BCUT2D eigenvalue weighted by Crippen LogP contribution is 2.31. The SMILES string of the molecule is N#CC(c1ccnc(OCc2ccc(CN3CCNCC3)cc2)n1)c1nc2ccccc2s1. The Hall–Kier alpha value is -3.38. The van der Waals surface area contributed by atoms with Gasteiger partial charge in [0.15, 0.2) is 0 Å². The molecule has 5 rings (SSSR count). The molecule has 1 aliphatic rings. The van der Waals surface area contributed by atoms with Gasteiger partial charge in [0.05, 0.1) is 22.0 Å². The van der Waals surface area contributed by atoms with E-state index in [0.29, 0.717) is 12.3 Å². The summed E-state index contributed by atoms with van der Waals surface area (Å²) < 4.78 is 6.90. The highest BCUT2D eigenvalue weighted by atomic mass is 32.1. The summed E-state index contributed by atoms with van der Waals surface area (Å²) in [6.45, 7) is 5.61. The quantitative estimate of drug-likeness (QED) is 0.453. The molecule has 0 amide bonds. The standard InChI is InChI=1S/C25H24N6OS/c26-15-20(24-29-22-3-1-2-4-23(22)33-24)21-9-10-28-25(30-21)32-17-19-7-5-18(6-8-19)16-31-13-11-27-12-14-31/h1-10,20,27H,11-14,16-17H2. The second-order valence-corrected chi connectivity index (χ2v) is 9.04. The second-order valence-electron chi connectivity index (χ2n) is 7.98. The van der Waals surface area contributed by atoms with Crippen LogP contribution in [0.2, 0.25) is 0 Å². The summed E-state index contributed by atoms with van der Waals surface area (Å²) in [5.41, 5.74) is 3.83. The van der Waals surface area contributed by atoms with Gasteiger partial charge in [0, 0.05) is 38.9 Å². The van der Waals surface area contributed by atoms with E-state index in [1.54, 1.807) is 12.3 Å². The lowest BCUT2D eigenvalue weighted by Gasteiger charge is -2.27. The number of benzene rings is 2. The lowest BCUT2D eigenvalue weighted by molar-refractivity contribution is 0.233. The van der Waals surface area contributed by atoms with Crippen molar-refractivity contribution >= 4 is 21.6 Å². The molecule has 33 heavy (non-hydrogen) atoms. The summed E-state index contributed by atoms with van der Waals surface area (Å²) in [5, 5.41) is 13.9. The topological polar surface area (TPSA) is 87.0 Å². The van der Waals surface area contributed by atoms with Crippen molar-refractivity contribution in [3.8, 4) is 12.1 Å². The van der Waals surface area contributed by atoms with Crippen molar-refractivity contribution < 1.29 is 4.74 Å². The van der Waals surface area contributed by atoms with Crippen molar-refractivity contribution in [2.24, 2.45) is 0 Å². The van der Waals surface area contributed by atoms with Gasteiger partial charge in [-0.15, -0.1) is 11.3 Å². The van der Waals surface area contributed by atoms with Gasteiger partial charge >= 0.3 is 6.01 Å². The van der Waals surface area contributed by atoms with Crippen LogP contribution in [0.15, 0.2) is 60.8 Å². The number of nitriles is 1. The Morgan fingerprint density at radius 3 is 2.61 bits per heavy atom. The van der Waals surface area contributed by atoms with E-state index in [2.05, 4.69) is 55.5 Å². The van der Waals surface area contributed by atoms with E-state index in [4.69, 9.17) is 4.74 Å². The molecule has 1 unspecified atom stereocenters. The normalized spacial score (nSPS) is 15.2. The number of para-hydroxylation sites is 1. The molecular formula is C25H24N6OS. The van der Waals surface area contributed by atoms with E-state index in [1.165, 1.54) is 16.9 Å². The fraction of sp³-hybridized carbons (Fsp3) is 0.280. The number of nitrogens with zero attached hydrogens (tertiary/aromatic N) is 5. The Bertz CT molecular complexity index is 1230. The van der Waals surface area contributed by atoms with Crippen LogP contribution in [0.1, 0.15) is 27.7 Å². The van der Waals surface area contributed by atoms with Crippen LogP contribution >= 0.6 is 11.3 Å². The highest BCUT2D eigenvalue weighted by molar-refractivity contribution is 7.18. The zero-order valence-corrected chi connectivity index (χ0v) is 19.0. The van der Waals surface area contributed by atoms with Crippen LogP contribution in [0.5, 0.6) is 6.01 Å². The van der Waals surface area contributed by atoms with Crippen LogP contribution < -0.4 is 10.1 Å². The Morgan fingerprint density at radius 1 is 1.03 bits per heavy atom. The number of nitrogens with one attached hydrogen (secondary N) is 1. The Morgan fingerprint density at radius 2 is 1.82 bits per heavy atom. The van der Waals surface area contributed by atoms with E-state index in [0.717, 1.165) is 53.5 Å². The van der Waals surface area contributed by atoms with Gasteiger partial charge in [-0.3, -0.25) is 4.90 Å². The molecule has 3 heterocycles. The number of ether oxygens (including phenoxy) is 1. The molecule has 0 aliphatic carbocycles. The second kappa shape index (κ2) is 10.0. The van der Waals surface area contributed by atoms with Crippen LogP contribution in [0.4, 0.5) is 0 Å². The number of fused-ring (bicyclic) bond motifs is 1. The van der Waals surface area contributed by atoms with Crippen molar-refractivity contribution in [2.45, 2.75) is 19.1 Å². The fourth-order valence-electron chi connectivity index (χ4n) is 3.86. The van der Waals surface area contributed by atoms with E-state index < -0.39 is 5.92 Å². The molecule has 2 aromatic carbocycles. The largest absolute Gasteiger partial charge is 0.459 e. The third-order valence-electron chi connectivity index (χ3n) is 5.64. The number of aromatic nitrogens is 3. The van der Waals surface area contributed by atoms with Gasteiger partial charge < -0.3 is 10.1 Å². The molecule has 1 N–H and O–H groups in total. The molecule has 1 fully saturated rings. The van der Waals surface area contributed by atoms with Crippen LogP contribution in [0.25, 0.3) is 10.2 Å². The maximum absolute atomic E-state index is 9.81. The van der Waals surface area contributed by atoms with E-state index in [9.17, 15) is 5.26 Å². The Kier molecular flexibility index (Phi) is 6.53. The molecule has 166 valence electrons. The van der Waals surface area contributed by atoms with Gasteiger partial charge in [0.2, 0.25) is 0 Å². The monoisotopic (exact) mass is 456 g/mol. The summed E-state index contributed by atoms with van der Waals surface area (Å²) in [4.78, 5) is 15.8. The molecule has 0 radical (unpaired) electrons. The summed E-state index contributed by atoms with van der Waals surface area (Å²) in [7, 11) is 0.